The van der Waals surface area contributed by atoms with E-state index in [1.807, 2.05) is 0 Å². The zero-order valence-electron chi connectivity index (χ0n) is 33.9. The molecule has 0 aromatic heterocycles. The van der Waals surface area contributed by atoms with Crippen molar-refractivity contribution in [2.45, 2.75) is 193 Å². The molecule has 0 bridgehead atoms. The van der Waals surface area contributed by atoms with Crippen molar-refractivity contribution in [3.8, 4) is 0 Å². The zero-order valence-corrected chi connectivity index (χ0v) is 35.7. The minimum Gasteiger partial charge on any atom is -0.462 e. The average Bonchev–Trinajstić information content (AvgIpc) is 3.88. The monoisotopic (exact) mass is 828 g/mol. The van der Waals surface area contributed by atoms with Crippen LogP contribution in [0, 0.1) is 5.92 Å². The van der Waals surface area contributed by atoms with Gasteiger partial charge in [0.15, 0.2) is 6.10 Å². The molecule has 5 atom stereocenters. The normalized spacial score (nSPS) is 18.0. The molecule has 0 radical (unpaired) electrons. The van der Waals surface area contributed by atoms with Crippen LogP contribution in [0.15, 0.2) is 12.2 Å². The van der Waals surface area contributed by atoms with Crippen LogP contribution >= 0.6 is 15.6 Å². The maximum Gasteiger partial charge on any atom is 0.472 e. The Hall–Kier alpha value is -1.18. The van der Waals surface area contributed by atoms with Crippen LogP contribution in [0.2, 0.25) is 0 Å². The van der Waals surface area contributed by atoms with Crippen LogP contribution in [-0.4, -0.2) is 82.6 Å². The smallest absolute Gasteiger partial charge is 0.462 e. The van der Waals surface area contributed by atoms with Gasteiger partial charge in [-0.2, -0.15) is 0 Å². The van der Waals surface area contributed by atoms with Gasteiger partial charge in [-0.3, -0.25) is 23.2 Å². The first kappa shape index (κ1) is 51.8. The lowest BCUT2D eigenvalue weighted by atomic mass is 10.0. The molecule has 1 rings (SSSR count). The van der Waals surface area contributed by atoms with E-state index in [-0.39, 0.29) is 12.8 Å². The summed E-state index contributed by atoms with van der Waals surface area (Å²) < 4.78 is 53.4. The van der Waals surface area contributed by atoms with Gasteiger partial charge in [-0.1, -0.05) is 129 Å². The number of ether oxygens (including phenoxy) is 3. The molecule has 4 N–H and O–H groups in total. The van der Waals surface area contributed by atoms with Gasteiger partial charge in [0.25, 0.3) is 0 Å². The van der Waals surface area contributed by atoms with E-state index in [1.54, 1.807) is 0 Å². The quantitative estimate of drug-likeness (QED) is 0.0151. The number of epoxide rings is 1. The molecule has 0 spiro atoms. The van der Waals surface area contributed by atoms with E-state index in [1.165, 1.54) is 64.2 Å². The summed E-state index contributed by atoms with van der Waals surface area (Å²) in [6, 6.07) is 0. The van der Waals surface area contributed by atoms with E-state index in [9.17, 15) is 28.7 Å². The molecule has 0 aromatic carbocycles. The number of phosphoric acid groups is 2. The molecule has 1 heterocycles. The highest BCUT2D eigenvalue weighted by Crippen LogP contribution is 2.44. The van der Waals surface area contributed by atoms with Crippen LogP contribution in [0.4, 0.5) is 0 Å². The molecule has 1 aliphatic heterocycles. The summed E-state index contributed by atoms with van der Waals surface area (Å²) in [6.45, 7) is 3.98. The first-order chi connectivity index (χ1) is 26.2. The Kier molecular flexibility index (Phi) is 29.9. The number of unbranched alkanes of at least 4 members (excludes halogenated alkanes) is 15. The molecule has 1 fully saturated rings. The van der Waals surface area contributed by atoms with Gasteiger partial charge in [-0.25, -0.2) is 9.13 Å². The van der Waals surface area contributed by atoms with Gasteiger partial charge in [0.1, 0.15) is 12.7 Å². The first-order valence-corrected chi connectivity index (χ1v) is 23.9. The highest BCUT2D eigenvalue weighted by Gasteiger charge is 2.36. The lowest BCUT2D eigenvalue weighted by Gasteiger charge is -2.20. The fraction of sp³-hybridized carbons (Fsp3) is 0.897. The van der Waals surface area contributed by atoms with Crippen LogP contribution in [0.5, 0.6) is 0 Å². The summed E-state index contributed by atoms with van der Waals surface area (Å²) in [6.07, 6.45) is 25.4. The van der Waals surface area contributed by atoms with Crippen molar-refractivity contribution in [2.24, 2.45) is 5.92 Å². The van der Waals surface area contributed by atoms with Crippen LogP contribution in [-0.2, 0) is 46.5 Å². The van der Waals surface area contributed by atoms with E-state index >= 15 is 0 Å². The second-order valence-electron chi connectivity index (χ2n) is 15.1. The Morgan fingerprint density at radius 3 is 1.85 bits per heavy atom. The van der Waals surface area contributed by atoms with Crippen molar-refractivity contribution in [3.63, 3.8) is 0 Å². The first-order valence-electron chi connectivity index (χ1n) is 20.9. The van der Waals surface area contributed by atoms with Crippen molar-refractivity contribution in [1.29, 1.82) is 0 Å². The minimum atomic E-state index is -4.86. The maximum atomic E-state index is 12.6. The molecular formula is C39H74O14P2. The maximum absolute atomic E-state index is 12.6. The third-order valence-electron chi connectivity index (χ3n) is 9.25. The number of carbonyl (C=O) groups excluding carboxylic acids is 2. The number of allylic oxidation sites excluding steroid dienone is 1. The van der Waals surface area contributed by atoms with E-state index < -0.39 is 66.2 Å². The summed E-state index contributed by atoms with van der Waals surface area (Å²) in [5.74, 6) is -0.297. The molecule has 0 saturated carbocycles. The fourth-order valence-corrected chi connectivity index (χ4v) is 7.11. The molecule has 1 aliphatic rings. The molecule has 55 heavy (non-hydrogen) atoms. The number of aliphatic hydroxyl groups is 1. The van der Waals surface area contributed by atoms with E-state index in [4.69, 9.17) is 28.5 Å². The number of rotatable bonds is 38. The summed E-state index contributed by atoms with van der Waals surface area (Å²) >= 11 is 0. The molecular weight excluding hydrogens is 754 g/mol. The number of carbonyl (C=O) groups is 2. The molecule has 0 amide bonds. The second kappa shape index (κ2) is 31.8. The number of hydrogen-bond donors (Lipinski definition) is 4. The Labute approximate surface area is 330 Å². The van der Waals surface area contributed by atoms with Crippen LogP contribution in [0.25, 0.3) is 0 Å². The Morgan fingerprint density at radius 1 is 0.673 bits per heavy atom. The van der Waals surface area contributed by atoms with Crippen LogP contribution < -0.4 is 0 Å². The Balaban J connectivity index is 2.36. The second-order valence-corrected chi connectivity index (χ2v) is 17.8. The predicted molar refractivity (Wildman–Crippen MR) is 211 cm³/mol. The summed E-state index contributed by atoms with van der Waals surface area (Å²) in [7, 11) is -9.66. The van der Waals surface area contributed by atoms with E-state index in [0.29, 0.717) is 25.0 Å². The van der Waals surface area contributed by atoms with Crippen molar-refractivity contribution >= 4 is 27.6 Å². The van der Waals surface area contributed by atoms with Gasteiger partial charge >= 0.3 is 27.6 Å². The largest absolute Gasteiger partial charge is 0.472 e. The summed E-state index contributed by atoms with van der Waals surface area (Å²) in [5.41, 5.74) is 0. The number of aliphatic hydroxyl groups excluding tert-OH is 1. The van der Waals surface area contributed by atoms with E-state index in [0.717, 1.165) is 63.7 Å². The van der Waals surface area contributed by atoms with E-state index in [2.05, 4.69) is 42.0 Å². The van der Waals surface area contributed by atoms with Gasteiger partial charge in [-0.05, 0) is 44.4 Å². The highest BCUT2D eigenvalue weighted by molar-refractivity contribution is 7.47. The number of hydrogen-bond acceptors (Lipinski definition) is 11. The van der Waals surface area contributed by atoms with Crippen molar-refractivity contribution in [2.75, 3.05) is 26.4 Å². The minimum absolute atomic E-state index is 0.128. The Morgan fingerprint density at radius 2 is 1.24 bits per heavy atom. The lowest BCUT2D eigenvalue weighted by Crippen LogP contribution is -2.30. The molecule has 0 aromatic rings. The van der Waals surface area contributed by atoms with Gasteiger partial charge in [0, 0.05) is 12.8 Å². The number of esters is 2. The van der Waals surface area contributed by atoms with Crippen LogP contribution in [0.3, 0.4) is 0 Å². The third kappa shape index (κ3) is 33.5. The molecule has 14 nitrogen and oxygen atoms in total. The summed E-state index contributed by atoms with van der Waals surface area (Å²) in [5, 5.41) is 9.73. The van der Waals surface area contributed by atoms with Crippen molar-refractivity contribution < 1.29 is 66.3 Å². The molecule has 324 valence electrons. The molecule has 3 unspecified atom stereocenters. The van der Waals surface area contributed by atoms with Crippen LogP contribution in [0.1, 0.15) is 168 Å². The van der Waals surface area contributed by atoms with Gasteiger partial charge in [0.05, 0.1) is 32.0 Å². The van der Waals surface area contributed by atoms with Crippen molar-refractivity contribution in [1.82, 2.24) is 0 Å². The lowest BCUT2D eigenvalue weighted by molar-refractivity contribution is -0.161. The SMILES string of the molecule is CCCCCC1OC1C/C=C\CCCCCCCC(=O)OC[C@H](COP(=O)(O)OC[C@@H](O)COP(=O)(O)O)OC(=O)CCCCCCCCCCCC(C)C. The Bertz CT molecular complexity index is 1110. The topological polar surface area (TPSA) is 208 Å². The highest BCUT2D eigenvalue weighted by atomic mass is 31.2. The molecule has 0 aliphatic carbocycles. The van der Waals surface area contributed by atoms with Gasteiger partial charge in [0.2, 0.25) is 0 Å². The molecule has 16 heteroatoms. The molecule has 1 saturated heterocycles. The zero-order chi connectivity index (χ0) is 40.8. The number of phosphoric ester groups is 2. The third-order valence-corrected chi connectivity index (χ3v) is 10.7. The standard InChI is InChI=1S/C39H74O14P2/c1-4-5-19-25-36-37(53-36)26-21-16-12-9-10-13-17-22-27-38(41)48-31-35(32-51-55(46,47)50-30-34(40)29-49-54(43,44)45)52-39(42)28-23-18-14-8-6-7-11-15-20-24-33(2)3/h16,21,33-37,40H,4-15,17-20,22-32H2,1-3H3,(H,46,47)(H2,43,44,45)/b21-16-/t34-,35+,36?,37?/m0/s1. The van der Waals surface area contributed by atoms with Gasteiger partial charge < -0.3 is 34.0 Å². The predicted octanol–water partition coefficient (Wildman–Crippen LogP) is 9.02. The average molecular weight is 829 g/mol. The fourth-order valence-electron chi connectivity index (χ4n) is 5.95. The summed E-state index contributed by atoms with van der Waals surface area (Å²) in [4.78, 5) is 52.6. The van der Waals surface area contributed by atoms with Gasteiger partial charge in [-0.15, -0.1) is 0 Å². The van der Waals surface area contributed by atoms with Crippen molar-refractivity contribution in [3.05, 3.63) is 12.2 Å².